The molecule has 1 aliphatic heterocycles. The molecule has 0 saturated carbocycles. The first-order valence-corrected chi connectivity index (χ1v) is 8.81. The summed E-state index contributed by atoms with van der Waals surface area (Å²) < 4.78 is 16.5. The van der Waals surface area contributed by atoms with Crippen molar-refractivity contribution < 1.29 is 18.4 Å². The fourth-order valence-corrected chi connectivity index (χ4v) is 3.84. The lowest BCUT2D eigenvalue weighted by Crippen LogP contribution is -2.25. The third-order valence-corrected chi connectivity index (χ3v) is 5.14. The van der Waals surface area contributed by atoms with Crippen molar-refractivity contribution in [3.05, 3.63) is 86.1 Å². The Morgan fingerprint density at radius 1 is 1.00 bits per heavy atom. The van der Waals surface area contributed by atoms with E-state index in [2.05, 4.69) is 0 Å². The molecule has 0 aliphatic carbocycles. The summed E-state index contributed by atoms with van der Waals surface area (Å²) in [6.07, 6.45) is 1.33. The van der Waals surface area contributed by atoms with Gasteiger partial charge in [-0.15, -0.1) is 0 Å². The van der Waals surface area contributed by atoms with Gasteiger partial charge in [0.1, 0.15) is 16.9 Å². The van der Waals surface area contributed by atoms with Crippen molar-refractivity contribution in [2.24, 2.45) is 0 Å². The van der Waals surface area contributed by atoms with Crippen LogP contribution in [0.15, 0.2) is 67.2 Å². The molecule has 2 aromatic heterocycles. The highest BCUT2D eigenvalue weighted by Crippen LogP contribution is 2.42. The topological polar surface area (TPSA) is 86.7 Å². The maximum Gasteiger partial charge on any atom is 0.336 e. The molecule has 5 rings (SSSR count). The number of ether oxygens (including phenoxy) is 1. The molecule has 0 amide bonds. The Morgan fingerprint density at radius 3 is 2.68 bits per heavy atom. The minimum absolute atomic E-state index is 0.0487. The highest BCUT2D eigenvalue weighted by molar-refractivity contribution is 5.90. The van der Waals surface area contributed by atoms with Crippen LogP contribution in [0, 0.1) is 6.92 Å². The molecule has 0 N–H and O–H groups in total. The predicted octanol–water partition coefficient (Wildman–Crippen LogP) is 3.65. The third-order valence-electron chi connectivity index (χ3n) is 5.14. The van der Waals surface area contributed by atoms with Gasteiger partial charge in [-0.25, -0.2) is 4.79 Å². The minimum Gasteiger partial charge on any atom is -0.464 e. The zero-order chi connectivity index (χ0) is 19.4. The second-order valence-electron chi connectivity index (χ2n) is 6.85. The number of hydrogen-bond donors (Lipinski definition) is 0. The maximum absolute atomic E-state index is 13.1. The van der Waals surface area contributed by atoms with E-state index >= 15 is 0 Å². The monoisotopic (exact) mass is 374 g/mol. The number of benzene rings is 2. The van der Waals surface area contributed by atoms with E-state index < -0.39 is 17.5 Å². The Labute approximate surface area is 158 Å². The van der Waals surface area contributed by atoms with Gasteiger partial charge in [-0.3, -0.25) is 9.59 Å². The van der Waals surface area contributed by atoms with Crippen LogP contribution in [-0.4, -0.2) is 5.97 Å². The molecule has 0 spiro atoms. The van der Waals surface area contributed by atoms with Gasteiger partial charge in [0.25, 0.3) is 0 Å². The summed E-state index contributed by atoms with van der Waals surface area (Å²) in [7, 11) is 0. The molecule has 6 nitrogen and oxygen atoms in total. The molecule has 1 atom stereocenters. The summed E-state index contributed by atoms with van der Waals surface area (Å²) in [5.41, 5.74) is 1.66. The first-order valence-electron chi connectivity index (χ1n) is 8.81. The molecule has 4 aromatic rings. The van der Waals surface area contributed by atoms with Gasteiger partial charge in [-0.05, 0) is 36.8 Å². The van der Waals surface area contributed by atoms with Gasteiger partial charge in [0.2, 0.25) is 0 Å². The normalized spacial score (nSPS) is 16.2. The average Bonchev–Trinajstić information content (AvgIpc) is 2.67. The molecular weight excluding hydrogens is 360 g/mol. The van der Waals surface area contributed by atoms with Crippen LogP contribution < -0.4 is 15.8 Å². The lowest BCUT2D eigenvalue weighted by Gasteiger charge is -2.25. The number of carbonyl (C=O) groups excluding carboxylic acids is 1. The van der Waals surface area contributed by atoms with Crippen LogP contribution in [0.3, 0.4) is 0 Å². The van der Waals surface area contributed by atoms with E-state index in [0.717, 1.165) is 10.9 Å². The van der Waals surface area contributed by atoms with Crippen molar-refractivity contribution in [2.45, 2.75) is 19.3 Å². The van der Waals surface area contributed by atoms with Crippen LogP contribution in [0.4, 0.5) is 0 Å². The van der Waals surface area contributed by atoms with Gasteiger partial charge < -0.3 is 13.6 Å². The summed E-state index contributed by atoms with van der Waals surface area (Å²) in [6, 6.07) is 11.7. The second kappa shape index (κ2) is 5.92. The fraction of sp³-hybridized carbons (Fsp3) is 0.136. The van der Waals surface area contributed by atoms with Crippen molar-refractivity contribution >= 4 is 27.9 Å². The number of aryl methyl sites for hydroxylation is 1. The molecule has 0 unspecified atom stereocenters. The fourth-order valence-electron chi connectivity index (χ4n) is 3.84. The first kappa shape index (κ1) is 16.5. The molecule has 0 bridgehead atoms. The highest BCUT2D eigenvalue weighted by Gasteiger charge is 2.34. The number of para-hydroxylation sites is 1. The highest BCUT2D eigenvalue weighted by atomic mass is 16.5. The molecular formula is C22H14O6. The molecule has 1 aliphatic rings. The maximum atomic E-state index is 13.1. The molecule has 0 saturated heterocycles. The van der Waals surface area contributed by atoms with E-state index in [-0.39, 0.29) is 17.6 Å². The van der Waals surface area contributed by atoms with Gasteiger partial charge >= 0.3 is 11.6 Å². The Kier molecular flexibility index (Phi) is 3.49. The lowest BCUT2D eigenvalue weighted by molar-refractivity contribution is -0.135. The number of carbonyl (C=O) groups is 1. The van der Waals surface area contributed by atoms with E-state index in [1.807, 2.05) is 0 Å². The van der Waals surface area contributed by atoms with Gasteiger partial charge in [0, 0.05) is 28.5 Å². The summed E-state index contributed by atoms with van der Waals surface area (Å²) in [4.78, 5) is 37.3. The number of fused-ring (bicyclic) bond motifs is 4. The van der Waals surface area contributed by atoms with Crippen molar-refractivity contribution in [1.82, 2.24) is 0 Å². The summed E-state index contributed by atoms with van der Waals surface area (Å²) in [5, 5.41) is 1.16. The quantitative estimate of drug-likeness (QED) is 0.287. The van der Waals surface area contributed by atoms with E-state index in [0.29, 0.717) is 27.7 Å². The number of rotatable bonds is 1. The van der Waals surface area contributed by atoms with Crippen LogP contribution in [0.1, 0.15) is 29.0 Å². The summed E-state index contributed by atoms with van der Waals surface area (Å²) in [6.45, 7) is 1.81. The van der Waals surface area contributed by atoms with Crippen molar-refractivity contribution in [3.63, 3.8) is 0 Å². The van der Waals surface area contributed by atoms with Crippen LogP contribution in [-0.2, 0) is 4.79 Å². The Bertz CT molecular complexity index is 1390. The Morgan fingerprint density at radius 2 is 1.82 bits per heavy atom. The molecule has 6 heteroatoms. The average molecular weight is 374 g/mol. The second-order valence-corrected chi connectivity index (χ2v) is 6.85. The van der Waals surface area contributed by atoms with Crippen LogP contribution in [0.5, 0.6) is 5.75 Å². The van der Waals surface area contributed by atoms with E-state index in [9.17, 15) is 14.4 Å². The summed E-state index contributed by atoms with van der Waals surface area (Å²) >= 11 is 0. The molecule has 0 fully saturated rings. The van der Waals surface area contributed by atoms with Gasteiger partial charge in [-0.1, -0.05) is 12.1 Å². The largest absolute Gasteiger partial charge is 0.464 e. The zero-order valence-electron chi connectivity index (χ0n) is 14.9. The van der Waals surface area contributed by atoms with Gasteiger partial charge in [0.15, 0.2) is 5.43 Å². The smallest absolute Gasteiger partial charge is 0.336 e. The standard InChI is InChI=1S/C22H14O6/c1-11-8-18(23)28-22-12(11)6-7-17-20(22)14(9-19(24)27-17)15-10-26-16-5-3-2-4-13(16)21(15)25/h2-8,10,14H,9H2,1H3/t14-/m1/s1. The minimum atomic E-state index is -0.634. The molecule has 0 radical (unpaired) electrons. The zero-order valence-corrected chi connectivity index (χ0v) is 14.9. The molecule has 28 heavy (non-hydrogen) atoms. The van der Waals surface area contributed by atoms with E-state index in [1.54, 1.807) is 43.3 Å². The SMILES string of the molecule is Cc1cc(=O)oc2c3c(ccc12)OC(=O)C[C@@H]3c1coc2ccccc2c1=O. The molecule has 2 aromatic carbocycles. The van der Waals surface area contributed by atoms with Gasteiger partial charge in [0.05, 0.1) is 18.1 Å². The van der Waals surface area contributed by atoms with E-state index in [1.165, 1.54) is 12.3 Å². The Balaban J connectivity index is 1.85. The summed E-state index contributed by atoms with van der Waals surface area (Å²) in [5.74, 6) is -0.805. The van der Waals surface area contributed by atoms with Gasteiger partial charge in [-0.2, -0.15) is 0 Å². The van der Waals surface area contributed by atoms with Crippen LogP contribution in [0.2, 0.25) is 0 Å². The predicted molar refractivity (Wildman–Crippen MR) is 102 cm³/mol. The number of esters is 1. The molecule has 3 heterocycles. The molecule has 138 valence electrons. The first-order chi connectivity index (χ1) is 13.5. The third kappa shape index (κ3) is 2.38. The number of hydrogen-bond acceptors (Lipinski definition) is 6. The van der Waals surface area contributed by atoms with Crippen LogP contribution >= 0.6 is 0 Å². The lowest BCUT2D eigenvalue weighted by atomic mass is 9.85. The van der Waals surface area contributed by atoms with E-state index in [4.69, 9.17) is 13.6 Å². The van der Waals surface area contributed by atoms with Crippen LogP contribution in [0.25, 0.3) is 21.9 Å². The Hall–Kier alpha value is -3.67. The van der Waals surface area contributed by atoms with Crippen molar-refractivity contribution in [3.8, 4) is 5.75 Å². The van der Waals surface area contributed by atoms with Crippen molar-refractivity contribution in [1.29, 1.82) is 0 Å². The van der Waals surface area contributed by atoms with Crippen molar-refractivity contribution in [2.75, 3.05) is 0 Å².